The van der Waals surface area contributed by atoms with Gasteiger partial charge in [-0.3, -0.25) is 14.3 Å². The Morgan fingerprint density at radius 3 is 2.49 bits per heavy atom. The molecule has 0 aliphatic carbocycles. The van der Waals surface area contributed by atoms with E-state index < -0.39 is 11.4 Å². The van der Waals surface area contributed by atoms with Crippen molar-refractivity contribution in [1.82, 2.24) is 24.9 Å². The molecule has 1 aliphatic heterocycles. The minimum atomic E-state index is -0.720. The van der Waals surface area contributed by atoms with E-state index in [0.717, 1.165) is 17.2 Å². The van der Waals surface area contributed by atoms with Crippen molar-refractivity contribution < 1.29 is 19.1 Å². The summed E-state index contributed by atoms with van der Waals surface area (Å²) in [6.45, 7) is 8.23. The van der Waals surface area contributed by atoms with E-state index in [1.54, 1.807) is 34.8 Å². The predicted octanol–water partition coefficient (Wildman–Crippen LogP) is 3.87. The zero-order valence-corrected chi connectivity index (χ0v) is 24.3. The van der Waals surface area contributed by atoms with Crippen molar-refractivity contribution in [2.24, 2.45) is 7.05 Å². The average Bonchev–Trinajstić information content (AvgIpc) is 3.39. The van der Waals surface area contributed by atoms with E-state index in [0.29, 0.717) is 23.7 Å². The topological polar surface area (TPSA) is 121 Å². The first-order chi connectivity index (χ1) is 19.5. The van der Waals surface area contributed by atoms with Gasteiger partial charge in [0.2, 0.25) is 5.91 Å². The number of methoxy groups -OCH3 is 1. The van der Waals surface area contributed by atoms with E-state index in [1.165, 1.54) is 7.11 Å². The van der Waals surface area contributed by atoms with Gasteiger partial charge in [0.1, 0.15) is 11.6 Å². The number of aromatic nitrogens is 2. The Bertz CT molecular complexity index is 1460. The number of hydrogen-bond acceptors (Lipinski definition) is 6. The maximum atomic E-state index is 13.7. The van der Waals surface area contributed by atoms with Crippen LogP contribution in [0.15, 0.2) is 61.2 Å². The number of nitrogens with zero attached hydrogens (tertiary/aromatic N) is 4. The van der Waals surface area contributed by atoms with E-state index in [4.69, 9.17) is 9.84 Å². The van der Waals surface area contributed by atoms with Crippen LogP contribution in [0.4, 0.5) is 16.3 Å². The number of ether oxygens (including phenoxy) is 1. The molecule has 4 amide bonds. The quantitative estimate of drug-likeness (QED) is 0.343. The first-order valence-corrected chi connectivity index (χ1v) is 13.2. The summed E-state index contributed by atoms with van der Waals surface area (Å²) < 4.78 is 7.04. The summed E-state index contributed by atoms with van der Waals surface area (Å²) in [5.74, 6) is -0.00230. The standard InChI is InChI=1S/C30H37N7O4/c1-8-25(38)31-20-14-15-21(24(16-20)41-7)28(39)33-27-22-17-37(30(2,3)26(22)34-36(27)6)29(40)32-23(18-35(4)5)19-12-10-9-11-13-19/h8-16,23H,1,17-18H2,2-7H3,(H,31,38)(H,32,40)(H,33,39)/t23-/m1/s1. The third-order valence-corrected chi connectivity index (χ3v) is 7.14. The van der Waals surface area contributed by atoms with Gasteiger partial charge >= 0.3 is 6.03 Å². The van der Waals surface area contributed by atoms with Crippen molar-refractivity contribution in [2.75, 3.05) is 38.4 Å². The third-order valence-electron chi connectivity index (χ3n) is 7.14. The molecule has 11 heteroatoms. The Balaban J connectivity index is 1.56. The van der Waals surface area contributed by atoms with Crippen molar-refractivity contribution in [1.29, 1.82) is 0 Å². The molecule has 216 valence electrons. The molecule has 0 spiro atoms. The second-order valence-corrected chi connectivity index (χ2v) is 10.7. The summed E-state index contributed by atoms with van der Waals surface area (Å²) in [7, 11) is 7.14. The summed E-state index contributed by atoms with van der Waals surface area (Å²) in [6, 6.07) is 14.2. The number of fused-ring (bicyclic) bond motifs is 1. The fourth-order valence-electron chi connectivity index (χ4n) is 5.01. The predicted molar refractivity (Wildman–Crippen MR) is 158 cm³/mol. The molecule has 4 rings (SSSR count). The molecule has 1 aliphatic rings. The van der Waals surface area contributed by atoms with Crippen molar-refractivity contribution >= 4 is 29.4 Å². The van der Waals surface area contributed by atoms with Crippen LogP contribution in [0.2, 0.25) is 0 Å². The normalized spacial score (nSPS) is 14.3. The van der Waals surface area contributed by atoms with Crippen LogP contribution in [-0.2, 0) is 23.9 Å². The Labute approximate surface area is 240 Å². The third kappa shape index (κ3) is 6.09. The van der Waals surface area contributed by atoms with Gasteiger partial charge in [-0.25, -0.2) is 4.79 Å². The van der Waals surface area contributed by atoms with Crippen molar-refractivity contribution in [3.63, 3.8) is 0 Å². The molecule has 0 unspecified atom stereocenters. The number of aryl methyl sites for hydroxylation is 1. The summed E-state index contributed by atoms with van der Waals surface area (Å²) in [5, 5.41) is 13.5. The Hall–Kier alpha value is -4.64. The van der Waals surface area contributed by atoms with Crippen molar-refractivity contribution in [3.8, 4) is 5.75 Å². The first kappa shape index (κ1) is 29.3. The van der Waals surface area contributed by atoms with Crippen LogP contribution in [0, 0.1) is 0 Å². The van der Waals surface area contributed by atoms with E-state index in [9.17, 15) is 14.4 Å². The molecule has 11 nitrogen and oxygen atoms in total. The Morgan fingerprint density at radius 2 is 1.85 bits per heavy atom. The van der Waals surface area contributed by atoms with Crippen LogP contribution < -0.4 is 20.7 Å². The minimum absolute atomic E-state index is 0.209. The zero-order valence-electron chi connectivity index (χ0n) is 24.3. The van der Waals surface area contributed by atoms with Gasteiger partial charge in [-0.2, -0.15) is 5.10 Å². The summed E-state index contributed by atoms with van der Waals surface area (Å²) in [5.41, 5.74) is 2.52. The molecule has 0 saturated carbocycles. The van der Waals surface area contributed by atoms with Crippen LogP contribution >= 0.6 is 0 Å². The van der Waals surface area contributed by atoms with Crippen molar-refractivity contribution in [2.45, 2.75) is 32.0 Å². The van der Waals surface area contributed by atoms with Gasteiger partial charge in [0.05, 0.1) is 36.5 Å². The first-order valence-electron chi connectivity index (χ1n) is 13.2. The highest BCUT2D eigenvalue weighted by molar-refractivity contribution is 6.07. The molecule has 1 aromatic heterocycles. The number of carbonyl (C=O) groups excluding carboxylic acids is 3. The van der Waals surface area contributed by atoms with Gasteiger partial charge in [0.15, 0.2) is 0 Å². The lowest BCUT2D eigenvalue weighted by Crippen LogP contribution is -2.48. The Morgan fingerprint density at radius 1 is 1.15 bits per heavy atom. The summed E-state index contributed by atoms with van der Waals surface area (Å²) in [4.78, 5) is 42.5. The van der Waals surface area contributed by atoms with Crippen molar-refractivity contribution in [3.05, 3.63) is 83.6 Å². The molecule has 0 saturated heterocycles. The molecule has 41 heavy (non-hydrogen) atoms. The molecule has 0 radical (unpaired) electrons. The number of likely N-dealkylation sites (N-methyl/N-ethyl adjacent to an activating group) is 1. The fourth-order valence-corrected chi connectivity index (χ4v) is 5.01. The number of carbonyl (C=O) groups is 3. The molecule has 2 heterocycles. The molecule has 2 aromatic carbocycles. The van der Waals surface area contributed by atoms with Gasteiger partial charge < -0.3 is 30.5 Å². The van der Waals surface area contributed by atoms with Crippen LogP contribution in [0.1, 0.15) is 47.1 Å². The van der Waals surface area contributed by atoms with E-state index in [2.05, 4.69) is 22.5 Å². The van der Waals surface area contributed by atoms with E-state index in [1.807, 2.05) is 63.2 Å². The number of urea groups is 1. The second-order valence-electron chi connectivity index (χ2n) is 10.7. The van der Waals surface area contributed by atoms with Gasteiger partial charge in [-0.1, -0.05) is 36.9 Å². The van der Waals surface area contributed by atoms with Gasteiger partial charge in [-0.15, -0.1) is 0 Å². The summed E-state index contributed by atoms with van der Waals surface area (Å²) in [6.07, 6.45) is 1.16. The SMILES string of the molecule is C=CC(=O)Nc1ccc(C(=O)Nc2c3c(nn2C)C(C)(C)N(C(=O)N[C@H](CN(C)C)c2ccccc2)C3)c(OC)c1. The van der Waals surface area contributed by atoms with E-state index >= 15 is 0 Å². The molecule has 3 aromatic rings. The number of rotatable bonds is 9. The number of hydrogen-bond donors (Lipinski definition) is 3. The smallest absolute Gasteiger partial charge is 0.319 e. The highest BCUT2D eigenvalue weighted by Crippen LogP contribution is 2.41. The van der Waals surface area contributed by atoms with Crippen LogP contribution in [0.5, 0.6) is 5.75 Å². The molecular formula is C30H37N7O4. The monoisotopic (exact) mass is 559 g/mol. The lowest BCUT2D eigenvalue weighted by molar-refractivity contribution is -0.111. The van der Waals surface area contributed by atoms with Gasteiger partial charge in [-0.05, 0) is 51.7 Å². The maximum Gasteiger partial charge on any atom is 0.319 e. The van der Waals surface area contributed by atoms with Gasteiger partial charge in [0, 0.05) is 30.9 Å². The second kappa shape index (κ2) is 11.8. The number of anilines is 2. The zero-order chi connectivity index (χ0) is 29.9. The summed E-state index contributed by atoms with van der Waals surface area (Å²) >= 11 is 0. The maximum absolute atomic E-state index is 13.7. The lowest BCUT2D eigenvalue weighted by Gasteiger charge is -2.34. The van der Waals surface area contributed by atoms with Gasteiger partial charge in [0.25, 0.3) is 5.91 Å². The minimum Gasteiger partial charge on any atom is -0.496 e. The van der Waals surface area contributed by atoms with Crippen LogP contribution in [0.25, 0.3) is 0 Å². The molecule has 1 atom stereocenters. The number of amides is 4. The highest BCUT2D eigenvalue weighted by atomic mass is 16.5. The number of nitrogens with one attached hydrogen (secondary N) is 3. The molecule has 3 N–H and O–H groups in total. The Kier molecular flexibility index (Phi) is 8.48. The highest BCUT2D eigenvalue weighted by Gasteiger charge is 2.45. The largest absolute Gasteiger partial charge is 0.496 e. The molecular weight excluding hydrogens is 522 g/mol. The lowest BCUT2D eigenvalue weighted by atomic mass is 10.0. The number of benzene rings is 2. The fraction of sp³-hybridized carbons (Fsp3) is 0.333. The molecule has 0 fully saturated rings. The van der Waals surface area contributed by atoms with Crippen LogP contribution in [0.3, 0.4) is 0 Å². The molecule has 0 bridgehead atoms. The van der Waals surface area contributed by atoms with Crippen LogP contribution in [-0.4, -0.2) is 65.2 Å². The average molecular weight is 560 g/mol. The van der Waals surface area contributed by atoms with E-state index in [-0.39, 0.29) is 35.8 Å².